The number of nitrogens with two attached hydrogens (primary N) is 2. The van der Waals surface area contributed by atoms with Crippen LogP contribution in [0.4, 0.5) is 10.1 Å². The molecule has 5 heteroatoms. The Balaban J connectivity index is 2.12. The fraction of sp³-hybridized carbons (Fsp3) is 0.0667. The lowest BCUT2D eigenvalue weighted by Crippen LogP contribution is -2.29. The molecule has 20 heavy (non-hydrogen) atoms. The van der Waals surface area contributed by atoms with Crippen LogP contribution in [0.15, 0.2) is 52.9 Å². The number of anilines is 1. The van der Waals surface area contributed by atoms with Gasteiger partial charge in [-0.2, -0.15) is 0 Å². The number of benzene rings is 2. The predicted octanol–water partition coefficient (Wildman–Crippen LogP) is 2.71. The third-order valence-corrected chi connectivity index (χ3v) is 3.27. The maximum atomic E-state index is 13.7. The molecule has 2 aromatic carbocycles. The van der Waals surface area contributed by atoms with Gasteiger partial charge in [0.25, 0.3) is 0 Å². The van der Waals surface area contributed by atoms with Crippen molar-refractivity contribution in [3.05, 3.63) is 65.7 Å². The summed E-state index contributed by atoms with van der Waals surface area (Å²) in [5.74, 6) is 5.73. The molecule has 0 aliphatic carbocycles. The smallest absolute Gasteiger partial charge is 0.169 e. The molecule has 0 aliphatic heterocycles. The van der Waals surface area contributed by atoms with Crippen LogP contribution in [0.3, 0.4) is 0 Å². The molecule has 4 nitrogen and oxygen atoms in total. The van der Waals surface area contributed by atoms with Gasteiger partial charge in [0, 0.05) is 16.6 Å². The van der Waals surface area contributed by atoms with E-state index in [9.17, 15) is 4.39 Å². The summed E-state index contributed by atoms with van der Waals surface area (Å²) in [4.78, 5) is 0. The molecule has 0 aliphatic rings. The zero-order chi connectivity index (χ0) is 14.1. The quantitative estimate of drug-likeness (QED) is 0.389. The van der Waals surface area contributed by atoms with Crippen molar-refractivity contribution in [1.82, 2.24) is 5.43 Å². The normalized spacial score (nSPS) is 12.7. The first-order valence-corrected chi connectivity index (χ1v) is 6.19. The largest absolute Gasteiger partial charge is 0.456 e. The number of nitrogen functional groups attached to an aromatic ring is 1. The summed E-state index contributed by atoms with van der Waals surface area (Å²) in [5, 5.41) is 0.690. The van der Waals surface area contributed by atoms with E-state index in [2.05, 4.69) is 5.43 Å². The summed E-state index contributed by atoms with van der Waals surface area (Å²) in [6.07, 6.45) is 0. The van der Waals surface area contributed by atoms with Crippen LogP contribution >= 0.6 is 0 Å². The fourth-order valence-corrected chi connectivity index (χ4v) is 2.29. The Kier molecular flexibility index (Phi) is 3.14. The zero-order valence-electron chi connectivity index (χ0n) is 10.6. The lowest BCUT2D eigenvalue weighted by Gasteiger charge is -2.15. The van der Waals surface area contributed by atoms with E-state index >= 15 is 0 Å². The van der Waals surface area contributed by atoms with Crippen LogP contribution in [-0.2, 0) is 0 Å². The first-order valence-electron chi connectivity index (χ1n) is 6.19. The van der Waals surface area contributed by atoms with E-state index in [4.69, 9.17) is 16.0 Å². The van der Waals surface area contributed by atoms with Crippen LogP contribution in [0.25, 0.3) is 11.0 Å². The molecule has 5 N–H and O–H groups in total. The molecule has 0 saturated carbocycles. The molecule has 1 heterocycles. The predicted molar refractivity (Wildman–Crippen MR) is 76.2 cm³/mol. The van der Waals surface area contributed by atoms with Crippen molar-refractivity contribution < 1.29 is 8.81 Å². The van der Waals surface area contributed by atoms with Crippen LogP contribution in [0.2, 0.25) is 0 Å². The van der Waals surface area contributed by atoms with Gasteiger partial charge in [-0.3, -0.25) is 5.84 Å². The first-order chi connectivity index (χ1) is 9.70. The van der Waals surface area contributed by atoms with E-state index in [1.807, 2.05) is 18.2 Å². The van der Waals surface area contributed by atoms with Crippen molar-refractivity contribution in [2.24, 2.45) is 5.84 Å². The molecule has 102 valence electrons. The molecule has 1 unspecified atom stereocenters. The molecular formula is C15H14FN3O. The molecular weight excluding hydrogens is 257 g/mol. The van der Waals surface area contributed by atoms with Gasteiger partial charge in [0.1, 0.15) is 11.8 Å². The van der Waals surface area contributed by atoms with E-state index in [0.717, 1.165) is 5.56 Å². The van der Waals surface area contributed by atoms with Gasteiger partial charge in [-0.15, -0.1) is 0 Å². The molecule has 0 spiro atoms. The SMILES string of the molecule is NNC(c1cc2cccc(F)c2o1)c1ccccc1N. The third-order valence-electron chi connectivity index (χ3n) is 3.27. The number of hydrazine groups is 1. The highest BCUT2D eigenvalue weighted by Crippen LogP contribution is 2.31. The van der Waals surface area contributed by atoms with E-state index in [0.29, 0.717) is 16.8 Å². The summed E-state index contributed by atoms with van der Waals surface area (Å²) < 4.78 is 19.3. The van der Waals surface area contributed by atoms with Crippen LogP contribution in [0.5, 0.6) is 0 Å². The van der Waals surface area contributed by atoms with Crippen molar-refractivity contribution in [2.75, 3.05) is 5.73 Å². The molecule has 0 fully saturated rings. The molecule has 3 rings (SSSR count). The molecule has 0 radical (unpaired) electrons. The number of rotatable bonds is 3. The molecule has 0 amide bonds. The summed E-state index contributed by atoms with van der Waals surface area (Å²) in [6.45, 7) is 0. The summed E-state index contributed by atoms with van der Waals surface area (Å²) in [6, 6.07) is 13.4. The Morgan fingerprint density at radius 2 is 1.90 bits per heavy atom. The highest BCUT2D eigenvalue weighted by molar-refractivity contribution is 5.78. The monoisotopic (exact) mass is 271 g/mol. The Morgan fingerprint density at radius 1 is 1.10 bits per heavy atom. The Bertz CT molecular complexity index is 754. The van der Waals surface area contributed by atoms with Gasteiger partial charge in [-0.25, -0.2) is 9.82 Å². The molecule has 1 aromatic heterocycles. The topological polar surface area (TPSA) is 77.2 Å². The van der Waals surface area contributed by atoms with Gasteiger partial charge < -0.3 is 10.2 Å². The van der Waals surface area contributed by atoms with Crippen LogP contribution in [-0.4, -0.2) is 0 Å². The highest BCUT2D eigenvalue weighted by Gasteiger charge is 2.20. The lowest BCUT2D eigenvalue weighted by molar-refractivity contribution is 0.465. The summed E-state index contributed by atoms with van der Waals surface area (Å²) in [7, 11) is 0. The summed E-state index contributed by atoms with van der Waals surface area (Å²) in [5.41, 5.74) is 10.2. The van der Waals surface area contributed by atoms with E-state index in [1.54, 1.807) is 24.3 Å². The average molecular weight is 271 g/mol. The Labute approximate surface area is 115 Å². The van der Waals surface area contributed by atoms with Gasteiger partial charge in [0.15, 0.2) is 11.4 Å². The van der Waals surface area contributed by atoms with E-state index in [-0.39, 0.29) is 5.58 Å². The maximum absolute atomic E-state index is 13.7. The second-order valence-corrected chi connectivity index (χ2v) is 4.54. The number of hydrogen-bond acceptors (Lipinski definition) is 4. The van der Waals surface area contributed by atoms with Crippen molar-refractivity contribution >= 4 is 16.7 Å². The van der Waals surface area contributed by atoms with Gasteiger partial charge in [-0.1, -0.05) is 30.3 Å². The van der Waals surface area contributed by atoms with Crippen LogP contribution in [0.1, 0.15) is 17.4 Å². The van der Waals surface area contributed by atoms with Crippen molar-refractivity contribution in [1.29, 1.82) is 0 Å². The van der Waals surface area contributed by atoms with Crippen LogP contribution < -0.4 is 17.0 Å². The first kappa shape index (κ1) is 12.7. The van der Waals surface area contributed by atoms with E-state index in [1.165, 1.54) is 6.07 Å². The minimum atomic E-state index is -0.428. The van der Waals surface area contributed by atoms with E-state index < -0.39 is 11.9 Å². The average Bonchev–Trinajstić information content (AvgIpc) is 2.87. The molecule has 0 bridgehead atoms. The number of hydrogen-bond donors (Lipinski definition) is 3. The van der Waals surface area contributed by atoms with Gasteiger partial charge in [0.05, 0.1) is 0 Å². The minimum absolute atomic E-state index is 0.220. The number of fused-ring (bicyclic) bond motifs is 1. The van der Waals surface area contributed by atoms with Crippen molar-refractivity contribution in [2.45, 2.75) is 6.04 Å². The van der Waals surface area contributed by atoms with Gasteiger partial charge in [0.2, 0.25) is 0 Å². The van der Waals surface area contributed by atoms with Crippen LogP contribution in [0, 0.1) is 5.82 Å². The second kappa shape index (κ2) is 4.96. The number of nitrogens with one attached hydrogen (secondary N) is 1. The zero-order valence-corrected chi connectivity index (χ0v) is 10.6. The molecule has 1 atom stereocenters. The number of para-hydroxylation sites is 2. The van der Waals surface area contributed by atoms with Crippen molar-refractivity contribution in [3.63, 3.8) is 0 Å². The lowest BCUT2D eigenvalue weighted by atomic mass is 10.0. The highest BCUT2D eigenvalue weighted by atomic mass is 19.1. The second-order valence-electron chi connectivity index (χ2n) is 4.54. The maximum Gasteiger partial charge on any atom is 0.169 e. The van der Waals surface area contributed by atoms with Gasteiger partial charge in [-0.05, 0) is 18.2 Å². The summed E-state index contributed by atoms with van der Waals surface area (Å²) >= 11 is 0. The molecule has 3 aromatic rings. The number of furan rings is 1. The van der Waals surface area contributed by atoms with Crippen molar-refractivity contribution in [3.8, 4) is 0 Å². The Hall–Kier alpha value is -2.37. The van der Waals surface area contributed by atoms with Gasteiger partial charge >= 0.3 is 0 Å². The Morgan fingerprint density at radius 3 is 2.60 bits per heavy atom. The third kappa shape index (κ3) is 2.03. The minimum Gasteiger partial charge on any atom is -0.456 e. The number of halogens is 1. The standard InChI is InChI=1S/C15H14FN3O/c16-11-6-3-4-9-8-13(20-15(9)11)14(19-18)10-5-1-2-7-12(10)17/h1-8,14,19H,17-18H2. The fourth-order valence-electron chi connectivity index (χ4n) is 2.29. The molecule has 0 saturated heterocycles.